The summed E-state index contributed by atoms with van der Waals surface area (Å²) < 4.78 is 0. The van der Waals surface area contributed by atoms with Crippen molar-refractivity contribution in [1.29, 1.82) is 0 Å². The lowest BCUT2D eigenvalue weighted by atomic mass is 10.1. The molecular formula is C14H28O. The lowest BCUT2D eigenvalue weighted by Crippen LogP contribution is -1.84. The molecule has 0 aromatic carbocycles. The summed E-state index contributed by atoms with van der Waals surface area (Å²) in [5, 5.41) is 8.60. The van der Waals surface area contributed by atoms with Crippen molar-refractivity contribution in [3.05, 3.63) is 12.2 Å². The molecule has 0 aliphatic rings. The third-order valence-electron chi connectivity index (χ3n) is 2.76. The molecule has 90 valence electrons. The first kappa shape index (κ1) is 14.7. The van der Waals surface area contributed by atoms with E-state index in [2.05, 4.69) is 19.1 Å². The SMILES string of the molecule is C/C=C\CCCCCCCCCCCO. The molecule has 0 atom stereocenters. The van der Waals surface area contributed by atoms with Gasteiger partial charge in [0, 0.05) is 6.61 Å². The number of hydrogen-bond acceptors (Lipinski definition) is 1. The Bertz CT molecular complexity index is 129. The van der Waals surface area contributed by atoms with Crippen LogP contribution in [0.15, 0.2) is 12.2 Å². The Kier molecular flexibility index (Phi) is 13.4. The van der Waals surface area contributed by atoms with E-state index in [0.717, 1.165) is 6.42 Å². The third-order valence-corrected chi connectivity index (χ3v) is 2.76. The van der Waals surface area contributed by atoms with Crippen LogP contribution in [0.25, 0.3) is 0 Å². The number of hydrogen-bond donors (Lipinski definition) is 1. The lowest BCUT2D eigenvalue weighted by Gasteiger charge is -2.00. The number of aliphatic hydroxyl groups is 1. The van der Waals surface area contributed by atoms with E-state index in [0.29, 0.717) is 6.61 Å². The second kappa shape index (κ2) is 13.7. The number of allylic oxidation sites excluding steroid dienone is 2. The van der Waals surface area contributed by atoms with E-state index in [-0.39, 0.29) is 0 Å². The van der Waals surface area contributed by atoms with E-state index in [4.69, 9.17) is 5.11 Å². The van der Waals surface area contributed by atoms with E-state index in [1.807, 2.05) is 0 Å². The monoisotopic (exact) mass is 212 g/mol. The summed E-state index contributed by atoms with van der Waals surface area (Å²) in [7, 11) is 0. The highest BCUT2D eigenvalue weighted by molar-refractivity contribution is 4.76. The molecule has 0 heterocycles. The number of unbranched alkanes of at least 4 members (excludes halogenated alkanes) is 9. The summed E-state index contributed by atoms with van der Waals surface area (Å²) >= 11 is 0. The van der Waals surface area contributed by atoms with Crippen LogP contribution in [-0.2, 0) is 0 Å². The quantitative estimate of drug-likeness (QED) is 0.396. The topological polar surface area (TPSA) is 20.2 Å². The van der Waals surface area contributed by atoms with Crippen molar-refractivity contribution >= 4 is 0 Å². The predicted molar refractivity (Wildman–Crippen MR) is 68.1 cm³/mol. The first-order chi connectivity index (χ1) is 7.41. The van der Waals surface area contributed by atoms with Gasteiger partial charge in [0.15, 0.2) is 0 Å². The number of aliphatic hydroxyl groups excluding tert-OH is 1. The highest BCUT2D eigenvalue weighted by Crippen LogP contribution is 2.10. The standard InChI is InChI=1S/C14H28O/c1-2-3-4-5-6-7-8-9-10-11-12-13-14-15/h2-3,15H,4-14H2,1H3/b3-2-. The van der Waals surface area contributed by atoms with Gasteiger partial charge >= 0.3 is 0 Å². The molecule has 1 nitrogen and oxygen atoms in total. The molecule has 0 radical (unpaired) electrons. The molecule has 0 unspecified atom stereocenters. The molecule has 1 heteroatoms. The van der Waals surface area contributed by atoms with Crippen LogP contribution in [0.5, 0.6) is 0 Å². The van der Waals surface area contributed by atoms with Gasteiger partial charge in [0.05, 0.1) is 0 Å². The second-order valence-corrected chi connectivity index (χ2v) is 4.26. The normalized spacial score (nSPS) is 11.3. The predicted octanol–water partition coefficient (Wildman–Crippen LogP) is 4.46. The van der Waals surface area contributed by atoms with Crippen LogP contribution in [-0.4, -0.2) is 11.7 Å². The molecule has 0 aliphatic carbocycles. The summed E-state index contributed by atoms with van der Waals surface area (Å²) in [4.78, 5) is 0. The van der Waals surface area contributed by atoms with Gasteiger partial charge in [0.2, 0.25) is 0 Å². The van der Waals surface area contributed by atoms with E-state index >= 15 is 0 Å². The lowest BCUT2D eigenvalue weighted by molar-refractivity contribution is 0.282. The van der Waals surface area contributed by atoms with Crippen molar-refractivity contribution in [2.75, 3.05) is 6.61 Å². The van der Waals surface area contributed by atoms with Crippen molar-refractivity contribution in [3.8, 4) is 0 Å². The van der Waals surface area contributed by atoms with E-state index < -0.39 is 0 Å². The van der Waals surface area contributed by atoms with Gasteiger partial charge in [0.1, 0.15) is 0 Å². The van der Waals surface area contributed by atoms with E-state index in [1.54, 1.807) is 0 Å². The van der Waals surface area contributed by atoms with Crippen LogP contribution >= 0.6 is 0 Å². The Balaban J connectivity index is 2.86. The van der Waals surface area contributed by atoms with Gasteiger partial charge in [-0.3, -0.25) is 0 Å². The van der Waals surface area contributed by atoms with Gasteiger partial charge in [-0.1, -0.05) is 57.1 Å². The molecular weight excluding hydrogens is 184 g/mol. The van der Waals surface area contributed by atoms with Gasteiger partial charge < -0.3 is 5.11 Å². The fourth-order valence-corrected chi connectivity index (χ4v) is 1.78. The first-order valence-corrected chi connectivity index (χ1v) is 6.64. The maximum atomic E-state index is 8.60. The van der Waals surface area contributed by atoms with Gasteiger partial charge in [0.25, 0.3) is 0 Å². The fraction of sp³-hybridized carbons (Fsp3) is 0.857. The molecule has 0 rings (SSSR count). The fourth-order valence-electron chi connectivity index (χ4n) is 1.78. The third kappa shape index (κ3) is 13.7. The molecule has 0 aromatic heterocycles. The highest BCUT2D eigenvalue weighted by Gasteiger charge is 1.91. The van der Waals surface area contributed by atoms with Crippen molar-refractivity contribution in [1.82, 2.24) is 0 Å². The molecule has 0 spiro atoms. The summed E-state index contributed by atoms with van der Waals surface area (Å²) in [5.41, 5.74) is 0. The maximum Gasteiger partial charge on any atom is 0.0431 e. The smallest absolute Gasteiger partial charge is 0.0431 e. The minimum Gasteiger partial charge on any atom is -0.396 e. The van der Waals surface area contributed by atoms with Gasteiger partial charge in [-0.05, 0) is 26.2 Å². The average Bonchev–Trinajstić information content (AvgIpc) is 2.26. The number of rotatable bonds is 11. The summed E-state index contributed by atoms with van der Waals surface area (Å²) in [6.07, 6.45) is 17.4. The van der Waals surface area contributed by atoms with Crippen LogP contribution in [0, 0.1) is 0 Å². The molecule has 0 saturated heterocycles. The van der Waals surface area contributed by atoms with Gasteiger partial charge in [-0.15, -0.1) is 0 Å². The summed E-state index contributed by atoms with van der Waals surface area (Å²) in [5.74, 6) is 0. The molecule has 15 heavy (non-hydrogen) atoms. The molecule has 0 saturated carbocycles. The van der Waals surface area contributed by atoms with Crippen molar-refractivity contribution in [2.45, 2.75) is 71.1 Å². The van der Waals surface area contributed by atoms with E-state index in [9.17, 15) is 0 Å². The highest BCUT2D eigenvalue weighted by atomic mass is 16.2. The molecule has 0 fully saturated rings. The van der Waals surface area contributed by atoms with Crippen LogP contribution in [0.3, 0.4) is 0 Å². The molecule has 1 N–H and O–H groups in total. The Labute approximate surface area is 95.6 Å². The van der Waals surface area contributed by atoms with Gasteiger partial charge in [-0.2, -0.15) is 0 Å². The van der Waals surface area contributed by atoms with Crippen molar-refractivity contribution in [3.63, 3.8) is 0 Å². The first-order valence-electron chi connectivity index (χ1n) is 6.64. The minimum absolute atomic E-state index is 0.366. The maximum absolute atomic E-state index is 8.60. The zero-order chi connectivity index (χ0) is 11.2. The summed E-state index contributed by atoms with van der Waals surface area (Å²) in [6.45, 7) is 2.46. The van der Waals surface area contributed by atoms with E-state index in [1.165, 1.54) is 57.8 Å². The second-order valence-electron chi connectivity index (χ2n) is 4.26. The summed E-state index contributed by atoms with van der Waals surface area (Å²) in [6, 6.07) is 0. The molecule has 0 amide bonds. The van der Waals surface area contributed by atoms with Crippen LogP contribution < -0.4 is 0 Å². The Morgan fingerprint density at radius 3 is 1.67 bits per heavy atom. The Morgan fingerprint density at radius 2 is 1.20 bits per heavy atom. The van der Waals surface area contributed by atoms with Crippen molar-refractivity contribution in [2.24, 2.45) is 0 Å². The molecule has 0 aromatic rings. The average molecular weight is 212 g/mol. The van der Waals surface area contributed by atoms with Crippen LogP contribution in [0.1, 0.15) is 71.1 Å². The largest absolute Gasteiger partial charge is 0.396 e. The molecule has 0 aliphatic heterocycles. The zero-order valence-electron chi connectivity index (χ0n) is 10.4. The zero-order valence-corrected chi connectivity index (χ0v) is 10.4. The van der Waals surface area contributed by atoms with Crippen molar-refractivity contribution < 1.29 is 5.11 Å². The Hall–Kier alpha value is -0.300. The minimum atomic E-state index is 0.366. The Morgan fingerprint density at radius 1 is 0.733 bits per heavy atom. The molecule has 0 bridgehead atoms. The van der Waals surface area contributed by atoms with Crippen LogP contribution in [0.2, 0.25) is 0 Å². The van der Waals surface area contributed by atoms with Crippen LogP contribution in [0.4, 0.5) is 0 Å². The van der Waals surface area contributed by atoms with Gasteiger partial charge in [-0.25, -0.2) is 0 Å².